The van der Waals surface area contributed by atoms with Crippen molar-refractivity contribution in [2.75, 3.05) is 0 Å². The number of hydrogen-bond acceptors (Lipinski definition) is 4. The van der Waals surface area contributed by atoms with E-state index in [4.69, 9.17) is 0 Å². The van der Waals surface area contributed by atoms with Crippen molar-refractivity contribution in [1.29, 1.82) is 0 Å². The van der Waals surface area contributed by atoms with Crippen molar-refractivity contribution >= 4 is 27.2 Å². The highest BCUT2D eigenvalue weighted by Gasteiger charge is 2.36. The number of halogens is 3. The van der Waals surface area contributed by atoms with E-state index in [-0.39, 0.29) is 10.5 Å². The number of rotatable bonds is 1. The molecular weight excluding hydrogens is 341 g/mol. The summed E-state index contributed by atoms with van der Waals surface area (Å²) in [5.74, 6) is -1.18. The minimum atomic E-state index is -4.61. The van der Waals surface area contributed by atoms with Crippen LogP contribution < -0.4 is 4.87 Å². The van der Waals surface area contributed by atoms with Crippen LogP contribution in [0.3, 0.4) is 0 Å². The summed E-state index contributed by atoms with van der Waals surface area (Å²) < 4.78 is 40.5. The molecule has 3 aromatic heterocycles. The maximum atomic E-state index is 12.9. The summed E-state index contributed by atoms with van der Waals surface area (Å²) in [6.07, 6.45) is -3.16. The van der Waals surface area contributed by atoms with Gasteiger partial charge in [-0.3, -0.25) is 4.79 Å². The first-order chi connectivity index (χ1) is 11.3. The van der Waals surface area contributed by atoms with Gasteiger partial charge in [-0.05, 0) is 36.2 Å². The molecule has 0 bridgehead atoms. The Balaban J connectivity index is 2.01. The van der Waals surface area contributed by atoms with Crippen LogP contribution in [0.1, 0.15) is 11.4 Å². The van der Waals surface area contributed by atoms with Gasteiger partial charge >= 0.3 is 11.0 Å². The third-order valence-corrected chi connectivity index (χ3v) is 4.52. The molecule has 0 aliphatic heterocycles. The van der Waals surface area contributed by atoms with Gasteiger partial charge in [-0.15, -0.1) is 5.10 Å². The fourth-order valence-electron chi connectivity index (χ4n) is 2.62. The van der Waals surface area contributed by atoms with Gasteiger partial charge < -0.3 is 4.98 Å². The van der Waals surface area contributed by atoms with E-state index >= 15 is 0 Å². The Morgan fingerprint density at radius 2 is 2.04 bits per heavy atom. The predicted molar refractivity (Wildman–Crippen MR) is 84.2 cm³/mol. The molecule has 0 atom stereocenters. The van der Waals surface area contributed by atoms with Gasteiger partial charge in [0.25, 0.3) is 5.82 Å². The number of thiazole rings is 1. The van der Waals surface area contributed by atoms with Crippen LogP contribution in [0.2, 0.25) is 0 Å². The number of aryl methyl sites for hydroxylation is 1. The fourth-order valence-corrected chi connectivity index (χ4v) is 3.39. The number of alkyl halides is 3. The second-order valence-corrected chi connectivity index (χ2v) is 6.32. The monoisotopic (exact) mass is 350 g/mol. The number of aromatic amines is 1. The lowest BCUT2D eigenvalue weighted by Gasteiger charge is -2.07. The maximum Gasteiger partial charge on any atom is 0.453 e. The lowest BCUT2D eigenvalue weighted by molar-refractivity contribution is -0.144. The Morgan fingerprint density at radius 3 is 2.79 bits per heavy atom. The van der Waals surface area contributed by atoms with Gasteiger partial charge in [0.1, 0.15) is 0 Å². The number of benzene rings is 1. The predicted octanol–water partition coefficient (Wildman–Crippen LogP) is 3.63. The van der Waals surface area contributed by atoms with Gasteiger partial charge in [0, 0.05) is 11.8 Å². The van der Waals surface area contributed by atoms with E-state index in [9.17, 15) is 18.0 Å². The quantitative estimate of drug-likeness (QED) is 0.570. The Morgan fingerprint density at radius 1 is 1.25 bits per heavy atom. The lowest BCUT2D eigenvalue weighted by atomic mass is 10.0. The van der Waals surface area contributed by atoms with Crippen molar-refractivity contribution in [3.8, 4) is 11.1 Å². The SMILES string of the molecule is Cc1ccn2nc(C(F)(F)F)nc2c1-c1ccc2[nH]c(=O)sc2c1. The molecule has 5 nitrogen and oxygen atoms in total. The van der Waals surface area contributed by atoms with Crippen LogP contribution in [-0.2, 0) is 6.18 Å². The molecule has 4 aromatic rings. The van der Waals surface area contributed by atoms with E-state index in [2.05, 4.69) is 15.1 Å². The third-order valence-electron chi connectivity index (χ3n) is 3.68. The van der Waals surface area contributed by atoms with Gasteiger partial charge in [0.05, 0.1) is 10.2 Å². The molecule has 0 aliphatic carbocycles. The Bertz CT molecular complexity index is 1140. The first kappa shape index (κ1) is 14.9. The molecule has 122 valence electrons. The van der Waals surface area contributed by atoms with E-state index in [0.717, 1.165) is 26.1 Å². The second-order valence-electron chi connectivity index (χ2n) is 5.30. The van der Waals surface area contributed by atoms with Crippen molar-refractivity contribution in [3.63, 3.8) is 0 Å². The normalized spacial score (nSPS) is 12.3. The van der Waals surface area contributed by atoms with Crippen LogP contribution in [0.25, 0.3) is 27.0 Å². The summed E-state index contributed by atoms with van der Waals surface area (Å²) >= 11 is 1.05. The van der Waals surface area contributed by atoms with Crippen LogP contribution in [0.5, 0.6) is 0 Å². The number of H-pyrrole nitrogens is 1. The number of nitrogens with zero attached hydrogens (tertiary/aromatic N) is 3. The number of fused-ring (bicyclic) bond motifs is 2. The second kappa shape index (κ2) is 4.91. The van der Waals surface area contributed by atoms with E-state index in [0.29, 0.717) is 16.6 Å². The van der Waals surface area contributed by atoms with Gasteiger partial charge in [0.15, 0.2) is 5.65 Å². The molecule has 3 heterocycles. The Labute approximate surface area is 136 Å². The van der Waals surface area contributed by atoms with Crippen LogP contribution in [0.4, 0.5) is 13.2 Å². The minimum Gasteiger partial charge on any atom is -0.312 e. The highest BCUT2D eigenvalue weighted by Crippen LogP contribution is 2.33. The molecule has 0 amide bonds. The molecule has 9 heteroatoms. The van der Waals surface area contributed by atoms with E-state index < -0.39 is 12.0 Å². The summed E-state index contributed by atoms with van der Waals surface area (Å²) in [4.78, 5) is 17.6. The number of aromatic nitrogens is 4. The standard InChI is InChI=1S/C15H9F3N4OS/c1-7-4-5-22-12(20-13(21-22)15(16,17)18)11(7)8-2-3-9-10(6-8)24-14(23)19-9/h2-6H,1H3,(H,19,23). The zero-order valence-electron chi connectivity index (χ0n) is 12.2. The highest BCUT2D eigenvalue weighted by atomic mass is 32.1. The molecule has 0 radical (unpaired) electrons. The zero-order chi connectivity index (χ0) is 17.1. The van der Waals surface area contributed by atoms with Crippen LogP contribution in [0.15, 0.2) is 35.3 Å². The average Bonchev–Trinajstić information content (AvgIpc) is 3.08. The van der Waals surface area contributed by atoms with Gasteiger partial charge in [-0.1, -0.05) is 17.4 Å². The summed E-state index contributed by atoms with van der Waals surface area (Å²) in [5.41, 5.74) is 2.83. The Kier molecular flexibility index (Phi) is 3.04. The number of hydrogen-bond donors (Lipinski definition) is 1. The molecule has 1 N–H and O–H groups in total. The van der Waals surface area contributed by atoms with E-state index in [1.165, 1.54) is 6.20 Å². The van der Waals surface area contributed by atoms with E-state index in [1.807, 2.05) is 0 Å². The van der Waals surface area contributed by atoms with Gasteiger partial charge in [-0.25, -0.2) is 9.50 Å². The molecule has 0 fully saturated rings. The lowest BCUT2D eigenvalue weighted by Crippen LogP contribution is -2.07. The summed E-state index contributed by atoms with van der Waals surface area (Å²) in [7, 11) is 0. The van der Waals surface area contributed by atoms with Crippen molar-refractivity contribution in [1.82, 2.24) is 19.6 Å². The van der Waals surface area contributed by atoms with Crippen molar-refractivity contribution < 1.29 is 13.2 Å². The first-order valence-electron chi connectivity index (χ1n) is 6.89. The van der Waals surface area contributed by atoms with Gasteiger partial charge in [0.2, 0.25) is 0 Å². The molecule has 0 aliphatic rings. The number of pyridine rings is 1. The smallest absolute Gasteiger partial charge is 0.312 e. The average molecular weight is 350 g/mol. The minimum absolute atomic E-state index is 0.129. The molecule has 24 heavy (non-hydrogen) atoms. The highest BCUT2D eigenvalue weighted by molar-refractivity contribution is 7.16. The maximum absolute atomic E-state index is 12.9. The first-order valence-corrected chi connectivity index (χ1v) is 7.71. The van der Waals surface area contributed by atoms with Gasteiger partial charge in [-0.2, -0.15) is 13.2 Å². The van der Waals surface area contributed by atoms with Crippen LogP contribution >= 0.6 is 11.3 Å². The largest absolute Gasteiger partial charge is 0.453 e. The topological polar surface area (TPSA) is 63.1 Å². The summed E-state index contributed by atoms with van der Waals surface area (Å²) in [6, 6.07) is 6.92. The molecule has 1 aromatic carbocycles. The summed E-state index contributed by atoms with van der Waals surface area (Å²) in [5, 5.41) is 3.50. The third kappa shape index (κ3) is 2.28. The van der Waals surface area contributed by atoms with Crippen LogP contribution in [0, 0.1) is 6.92 Å². The Hall–Kier alpha value is -2.68. The molecule has 0 spiro atoms. The van der Waals surface area contributed by atoms with E-state index in [1.54, 1.807) is 31.2 Å². The summed E-state index contributed by atoms with van der Waals surface area (Å²) in [6.45, 7) is 1.79. The van der Waals surface area contributed by atoms with Crippen molar-refractivity contribution in [2.24, 2.45) is 0 Å². The fraction of sp³-hybridized carbons (Fsp3) is 0.133. The van der Waals surface area contributed by atoms with Crippen LogP contribution in [-0.4, -0.2) is 19.6 Å². The molecule has 0 saturated carbocycles. The molecular formula is C15H9F3N4OS. The molecule has 4 rings (SSSR count). The zero-order valence-corrected chi connectivity index (χ0v) is 13.0. The van der Waals surface area contributed by atoms with Crippen molar-refractivity contribution in [3.05, 3.63) is 51.5 Å². The number of nitrogens with one attached hydrogen (secondary N) is 1. The molecule has 0 unspecified atom stereocenters. The molecule has 0 saturated heterocycles. The van der Waals surface area contributed by atoms with Crippen molar-refractivity contribution in [2.45, 2.75) is 13.1 Å².